The smallest absolute Gasteiger partial charge is 0.341 e. The highest BCUT2D eigenvalue weighted by molar-refractivity contribution is 7.99. The van der Waals surface area contributed by atoms with Crippen LogP contribution in [0, 0.1) is 0 Å². The van der Waals surface area contributed by atoms with Crippen molar-refractivity contribution in [3.63, 3.8) is 0 Å². The lowest BCUT2D eigenvalue weighted by Crippen LogP contribution is -2.06. The van der Waals surface area contributed by atoms with Crippen molar-refractivity contribution < 1.29 is 19.0 Å². The number of hydrogen-bond donors (Lipinski definition) is 0. The maximum Gasteiger partial charge on any atom is 0.341 e. The Labute approximate surface area is 167 Å². The molecule has 3 aromatic rings. The standard InChI is InChI=1S/C21H18N2O4S/c1-25-13-17(21(24)26-2)16-10-6-7-11-18(16)27-19-12-20(23-14-22-19)28-15-8-4-3-5-9-15/h3-14H,1-2H3/b17-13+. The lowest BCUT2D eigenvalue weighted by molar-refractivity contribution is -0.133. The van der Waals surface area contributed by atoms with Gasteiger partial charge < -0.3 is 14.2 Å². The van der Waals surface area contributed by atoms with Gasteiger partial charge in [-0.25, -0.2) is 14.8 Å². The monoisotopic (exact) mass is 394 g/mol. The third-order valence-electron chi connectivity index (χ3n) is 3.62. The molecule has 1 heterocycles. The minimum absolute atomic E-state index is 0.244. The molecular weight excluding hydrogens is 376 g/mol. The van der Waals surface area contributed by atoms with E-state index in [2.05, 4.69) is 9.97 Å². The van der Waals surface area contributed by atoms with E-state index in [9.17, 15) is 4.79 Å². The van der Waals surface area contributed by atoms with Crippen molar-refractivity contribution in [2.24, 2.45) is 0 Å². The number of methoxy groups -OCH3 is 2. The van der Waals surface area contributed by atoms with E-state index in [1.807, 2.05) is 30.3 Å². The van der Waals surface area contributed by atoms with Gasteiger partial charge in [0, 0.05) is 16.5 Å². The number of benzene rings is 2. The molecule has 28 heavy (non-hydrogen) atoms. The number of aromatic nitrogens is 2. The average molecular weight is 394 g/mol. The van der Waals surface area contributed by atoms with Gasteiger partial charge >= 0.3 is 5.97 Å². The molecule has 0 aliphatic rings. The second-order valence-electron chi connectivity index (χ2n) is 5.47. The summed E-state index contributed by atoms with van der Waals surface area (Å²) in [6.07, 6.45) is 2.76. The molecule has 0 amide bonds. The molecule has 6 nitrogen and oxygen atoms in total. The molecule has 0 fully saturated rings. The fraction of sp³-hybridized carbons (Fsp3) is 0.0952. The topological polar surface area (TPSA) is 70.5 Å². The highest BCUT2D eigenvalue weighted by Gasteiger charge is 2.18. The molecule has 0 N–H and O–H groups in total. The van der Waals surface area contributed by atoms with Crippen LogP contribution in [0.1, 0.15) is 5.56 Å². The Morgan fingerprint density at radius 2 is 1.75 bits per heavy atom. The first-order valence-electron chi connectivity index (χ1n) is 8.34. The molecule has 0 saturated heterocycles. The minimum atomic E-state index is -0.527. The van der Waals surface area contributed by atoms with Crippen LogP contribution in [-0.4, -0.2) is 30.2 Å². The van der Waals surface area contributed by atoms with Gasteiger partial charge in [0.25, 0.3) is 0 Å². The number of ether oxygens (including phenoxy) is 3. The van der Waals surface area contributed by atoms with Crippen molar-refractivity contribution in [1.82, 2.24) is 9.97 Å². The lowest BCUT2D eigenvalue weighted by atomic mass is 10.1. The van der Waals surface area contributed by atoms with Gasteiger partial charge in [0.05, 0.1) is 20.5 Å². The van der Waals surface area contributed by atoms with Gasteiger partial charge in [-0.15, -0.1) is 0 Å². The number of carbonyl (C=O) groups excluding carboxylic acids is 1. The molecule has 3 rings (SSSR count). The maximum absolute atomic E-state index is 12.1. The number of esters is 1. The van der Waals surface area contributed by atoms with Gasteiger partial charge in [0.1, 0.15) is 22.7 Å². The van der Waals surface area contributed by atoms with E-state index in [4.69, 9.17) is 14.2 Å². The summed E-state index contributed by atoms with van der Waals surface area (Å²) >= 11 is 1.50. The number of hydrogen-bond acceptors (Lipinski definition) is 7. The highest BCUT2D eigenvalue weighted by atomic mass is 32.2. The Morgan fingerprint density at radius 3 is 2.50 bits per heavy atom. The Hall–Kier alpha value is -3.32. The number of rotatable bonds is 7. The van der Waals surface area contributed by atoms with E-state index in [0.29, 0.717) is 17.2 Å². The minimum Gasteiger partial charge on any atom is -0.503 e. The summed E-state index contributed by atoms with van der Waals surface area (Å²) in [4.78, 5) is 21.6. The van der Waals surface area contributed by atoms with Crippen molar-refractivity contribution in [3.8, 4) is 11.6 Å². The summed E-state index contributed by atoms with van der Waals surface area (Å²) in [5.74, 6) is 0.286. The van der Waals surface area contributed by atoms with Crippen LogP contribution < -0.4 is 4.74 Å². The van der Waals surface area contributed by atoms with E-state index in [-0.39, 0.29) is 5.57 Å². The average Bonchev–Trinajstić information content (AvgIpc) is 2.73. The number of nitrogens with zero attached hydrogens (tertiary/aromatic N) is 2. The van der Waals surface area contributed by atoms with Crippen LogP contribution in [0.4, 0.5) is 0 Å². The van der Waals surface area contributed by atoms with Gasteiger partial charge in [-0.3, -0.25) is 0 Å². The van der Waals surface area contributed by atoms with Crippen LogP contribution in [0.3, 0.4) is 0 Å². The van der Waals surface area contributed by atoms with E-state index < -0.39 is 5.97 Å². The first-order valence-corrected chi connectivity index (χ1v) is 9.16. The second kappa shape index (κ2) is 9.57. The molecule has 7 heteroatoms. The molecule has 0 aliphatic heterocycles. The molecule has 142 valence electrons. The largest absolute Gasteiger partial charge is 0.503 e. The molecule has 0 radical (unpaired) electrons. The van der Waals surface area contributed by atoms with Gasteiger partial charge in [-0.2, -0.15) is 0 Å². The van der Waals surface area contributed by atoms with Crippen molar-refractivity contribution >= 4 is 23.3 Å². The molecule has 2 aromatic carbocycles. The zero-order valence-corrected chi connectivity index (χ0v) is 16.2. The zero-order valence-electron chi connectivity index (χ0n) is 15.4. The van der Waals surface area contributed by atoms with Crippen LogP contribution in [0.2, 0.25) is 0 Å². The van der Waals surface area contributed by atoms with Crippen LogP contribution in [0.15, 0.2) is 83.2 Å². The molecule has 0 atom stereocenters. The fourth-order valence-electron chi connectivity index (χ4n) is 2.38. The van der Waals surface area contributed by atoms with E-state index in [1.54, 1.807) is 30.3 Å². The molecule has 0 spiro atoms. The quantitative estimate of drug-likeness (QED) is 0.251. The Balaban J connectivity index is 1.87. The summed E-state index contributed by atoms with van der Waals surface area (Å²) < 4.78 is 15.8. The normalized spacial score (nSPS) is 11.0. The third kappa shape index (κ3) is 4.89. The molecule has 0 bridgehead atoms. The Morgan fingerprint density at radius 1 is 1.00 bits per heavy atom. The highest BCUT2D eigenvalue weighted by Crippen LogP contribution is 2.32. The summed E-state index contributed by atoms with van der Waals surface area (Å²) in [5, 5.41) is 0.745. The fourth-order valence-corrected chi connectivity index (χ4v) is 3.18. The van der Waals surface area contributed by atoms with E-state index in [0.717, 1.165) is 9.92 Å². The number of carbonyl (C=O) groups is 1. The van der Waals surface area contributed by atoms with Crippen LogP contribution in [0.25, 0.3) is 5.57 Å². The third-order valence-corrected chi connectivity index (χ3v) is 4.56. The lowest BCUT2D eigenvalue weighted by Gasteiger charge is -2.12. The van der Waals surface area contributed by atoms with Crippen LogP contribution >= 0.6 is 11.8 Å². The summed E-state index contributed by atoms with van der Waals surface area (Å²) in [5.41, 5.74) is 0.778. The van der Waals surface area contributed by atoms with Crippen LogP contribution in [0.5, 0.6) is 11.6 Å². The molecule has 0 unspecified atom stereocenters. The Bertz CT molecular complexity index is 977. The predicted molar refractivity (Wildman–Crippen MR) is 106 cm³/mol. The van der Waals surface area contributed by atoms with Gasteiger partial charge in [-0.05, 0) is 18.2 Å². The van der Waals surface area contributed by atoms with E-state index in [1.165, 1.54) is 38.6 Å². The first-order chi connectivity index (χ1) is 13.7. The molecule has 0 saturated carbocycles. The van der Waals surface area contributed by atoms with Crippen LogP contribution in [-0.2, 0) is 14.3 Å². The Kier molecular flexibility index (Phi) is 6.64. The predicted octanol–water partition coefficient (Wildman–Crippen LogP) is 4.58. The summed E-state index contributed by atoms with van der Waals surface area (Å²) in [6, 6.07) is 18.7. The van der Waals surface area contributed by atoms with Crippen molar-refractivity contribution in [3.05, 3.63) is 78.8 Å². The summed E-state index contributed by atoms with van der Waals surface area (Å²) in [7, 11) is 2.77. The van der Waals surface area contributed by atoms with E-state index >= 15 is 0 Å². The molecular formula is C21H18N2O4S. The van der Waals surface area contributed by atoms with Gasteiger partial charge in [-0.1, -0.05) is 48.2 Å². The first kappa shape index (κ1) is 19.4. The summed E-state index contributed by atoms with van der Waals surface area (Å²) in [6.45, 7) is 0. The number of para-hydroxylation sites is 1. The van der Waals surface area contributed by atoms with Gasteiger partial charge in [0.2, 0.25) is 5.88 Å². The second-order valence-corrected chi connectivity index (χ2v) is 6.56. The van der Waals surface area contributed by atoms with Crippen molar-refractivity contribution in [2.75, 3.05) is 14.2 Å². The molecule has 0 aliphatic carbocycles. The molecule has 1 aromatic heterocycles. The SMILES string of the molecule is CO/C=C(/C(=O)OC)c1ccccc1Oc1cc(Sc2ccccc2)ncn1. The maximum atomic E-state index is 12.1. The zero-order chi connectivity index (χ0) is 19.8. The van der Waals surface area contributed by atoms with Crippen molar-refractivity contribution in [1.29, 1.82) is 0 Å². The van der Waals surface area contributed by atoms with Crippen molar-refractivity contribution in [2.45, 2.75) is 9.92 Å². The van der Waals surface area contributed by atoms with Gasteiger partial charge in [0.15, 0.2) is 0 Å².